The lowest BCUT2D eigenvalue weighted by Gasteiger charge is -2.17. The molecule has 1 amide bonds. The molecule has 0 aliphatic carbocycles. The second kappa shape index (κ2) is 11.3. The van der Waals surface area contributed by atoms with Gasteiger partial charge in [0.2, 0.25) is 10.0 Å². The van der Waals surface area contributed by atoms with Gasteiger partial charge in [-0.2, -0.15) is 0 Å². The summed E-state index contributed by atoms with van der Waals surface area (Å²) >= 11 is 0. The summed E-state index contributed by atoms with van der Waals surface area (Å²) in [5.41, 5.74) is 2.48. The van der Waals surface area contributed by atoms with E-state index in [0.29, 0.717) is 28.5 Å². The number of hydrogen-bond donors (Lipinski definition) is 1. The molecule has 0 saturated carbocycles. The van der Waals surface area contributed by atoms with Crippen molar-refractivity contribution < 1.29 is 27.5 Å². The van der Waals surface area contributed by atoms with Crippen LogP contribution in [0.2, 0.25) is 25.7 Å². The highest BCUT2D eigenvalue weighted by Gasteiger charge is 2.26. The second-order valence-electron chi connectivity index (χ2n) is 9.86. The first-order valence-electron chi connectivity index (χ1n) is 11.7. The summed E-state index contributed by atoms with van der Waals surface area (Å²) in [4.78, 5) is 29.1. The van der Waals surface area contributed by atoms with E-state index in [-0.39, 0.29) is 18.8 Å². The topological polar surface area (TPSA) is 117 Å². The highest BCUT2D eigenvalue weighted by Crippen LogP contribution is 2.22. The van der Waals surface area contributed by atoms with Crippen molar-refractivity contribution in [3.63, 3.8) is 0 Å². The number of fused-ring (bicyclic) bond motifs is 1. The van der Waals surface area contributed by atoms with E-state index < -0.39 is 36.2 Å². The molecule has 0 bridgehead atoms. The molecule has 11 heteroatoms. The van der Waals surface area contributed by atoms with Crippen LogP contribution in [0.3, 0.4) is 0 Å². The molecule has 0 radical (unpaired) electrons. The minimum absolute atomic E-state index is 0.0649. The van der Waals surface area contributed by atoms with E-state index in [2.05, 4.69) is 29.9 Å². The third kappa shape index (κ3) is 7.17. The number of methoxy groups -OCH3 is 1. The van der Waals surface area contributed by atoms with Gasteiger partial charge in [0, 0.05) is 14.5 Å². The minimum atomic E-state index is -3.56. The van der Waals surface area contributed by atoms with Crippen LogP contribution in [0.5, 0.6) is 0 Å². The Balaban J connectivity index is 1.77. The normalized spacial score (nSPS) is 12.8. The van der Waals surface area contributed by atoms with Crippen LogP contribution in [0.15, 0.2) is 48.5 Å². The fraction of sp³-hybridized carbons (Fsp3) is 0.400. The Labute approximate surface area is 212 Å². The summed E-state index contributed by atoms with van der Waals surface area (Å²) in [7, 11) is -3.87. The quantitative estimate of drug-likeness (QED) is 0.312. The highest BCUT2D eigenvalue weighted by atomic mass is 32.2. The minimum Gasteiger partial charge on any atom is -0.467 e. The zero-order valence-electron chi connectivity index (χ0n) is 21.3. The molecule has 0 aliphatic rings. The number of imidazole rings is 1. The van der Waals surface area contributed by atoms with Gasteiger partial charge in [-0.3, -0.25) is 0 Å². The Kier molecular flexibility index (Phi) is 8.57. The number of carbonyl (C=O) groups is 2. The van der Waals surface area contributed by atoms with Crippen molar-refractivity contribution in [2.24, 2.45) is 0 Å². The predicted molar refractivity (Wildman–Crippen MR) is 141 cm³/mol. The maximum Gasteiger partial charge on any atom is 0.408 e. The van der Waals surface area contributed by atoms with Gasteiger partial charge < -0.3 is 14.8 Å². The van der Waals surface area contributed by atoms with Crippen LogP contribution in [-0.2, 0) is 37.3 Å². The number of aromatic nitrogens is 2. The zero-order valence-corrected chi connectivity index (χ0v) is 23.1. The molecular weight excluding hydrogens is 498 g/mol. The second-order valence-corrected chi connectivity index (χ2v) is 17.4. The Hall–Kier alpha value is -3.18. The number of alkyl carbamates (subject to hydrolysis) is 1. The molecule has 0 saturated heterocycles. The van der Waals surface area contributed by atoms with Gasteiger partial charge in [0.1, 0.15) is 18.5 Å². The van der Waals surface area contributed by atoms with Gasteiger partial charge in [-0.25, -0.2) is 27.0 Å². The largest absolute Gasteiger partial charge is 0.467 e. The van der Waals surface area contributed by atoms with E-state index >= 15 is 0 Å². The van der Waals surface area contributed by atoms with Crippen LogP contribution in [0.4, 0.5) is 4.79 Å². The van der Waals surface area contributed by atoms with Crippen LogP contribution < -0.4 is 5.32 Å². The molecule has 36 heavy (non-hydrogen) atoms. The van der Waals surface area contributed by atoms with Gasteiger partial charge in [-0.1, -0.05) is 56.0 Å². The monoisotopic (exact) mass is 531 g/mol. The van der Waals surface area contributed by atoms with E-state index in [0.717, 1.165) is 5.56 Å². The van der Waals surface area contributed by atoms with E-state index in [1.54, 1.807) is 25.1 Å². The maximum atomic E-state index is 13.1. The molecule has 1 heterocycles. The lowest BCUT2D eigenvalue weighted by Crippen LogP contribution is -2.43. The smallest absolute Gasteiger partial charge is 0.408 e. The molecule has 0 spiro atoms. The Morgan fingerprint density at radius 3 is 2.42 bits per heavy atom. The van der Waals surface area contributed by atoms with Crippen molar-refractivity contribution in [3.8, 4) is 0 Å². The summed E-state index contributed by atoms with van der Waals surface area (Å²) in [6, 6.07) is 14.0. The van der Waals surface area contributed by atoms with Gasteiger partial charge >= 0.3 is 12.1 Å². The number of nitrogens with zero attached hydrogens (tertiary/aromatic N) is 2. The Morgan fingerprint density at radius 1 is 1.08 bits per heavy atom. The Bertz CT molecular complexity index is 1330. The maximum absolute atomic E-state index is 13.1. The number of rotatable bonds is 10. The molecule has 1 atom stereocenters. The van der Waals surface area contributed by atoms with Gasteiger partial charge in [-0.15, -0.1) is 0 Å². The number of amides is 1. The molecule has 2 aromatic carbocycles. The zero-order chi connectivity index (χ0) is 26.5. The summed E-state index contributed by atoms with van der Waals surface area (Å²) in [5, 5.41) is 2.55. The number of aryl methyl sites for hydroxylation is 1. The number of nitrogens with one attached hydrogen (secondary N) is 1. The number of esters is 1. The molecule has 3 aromatic rings. The van der Waals surface area contributed by atoms with Gasteiger partial charge in [0.25, 0.3) is 0 Å². The predicted octanol–water partition coefficient (Wildman–Crippen LogP) is 3.87. The SMILES string of the molecule is COC(=O)C(Cc1ccc2c(c1)nc(C)n2S(=O)(=O)CC[Si](C)(C)C)NC(=O)OCc1ccccc1. The molecular formula is C25H33N3O6SSi. The molecule has 9 nitrogen and oxygen atoms in total. The molecule has 1 N–H and O–H groups in total. The van der Waals surface area contributed by atoms with Crippen LogP contribution in [0.1, 0.15) is 17.0 Å². The first-order valence-corrected chi connectivity index (χ1v) is 17.0. The molecule has 1 aromatic heterocycles. The van der Waals surface area contributed by atoms with Crippen molar-refractivity contribution in [2.75, 3.05) is 12.9 Å². The highest BCUT2D eigenvalue weighted by molar-refractivity contribution is 7.90. The van der Waals surface area contributed by atoms with Gasteiger partial charge in [-0.05, 0) is 36.2 Å². The molecule has 0 fully saturated rings. The van der Waals surface area contributed by atoms with Crippen molar-refractivity contribution in [1.82, 2.24) is 14.3 Å². The number of carbonyl (C=O) groups excluding carboxylic acids is 2. The fourth-order valence-corrected chi connectivity index (χ4v) is 8.27. The summed E-state index contributed by atoms with van der Waals surface area (Å²) in [6.45, 7) is 8.13. The molecule has 1 unspecified atom stereocenters. The fourth-order valence-electron chi connectivity index (χ4n) is 3.71. The van der Waals surface area contributed by atoms with Crippen molar-refractivity contribution in [3.05, 3.63) is 65.5 Å². The number of ether oxygens (including phenoxy) is 2. The van der Waals surface area contributed by atoms with Crippen LogP contribution in [0.25, 0.3) is 11.0 Å². The van der Waals surface area contributed by atoms with Gasteiger partial charge in [0.15, 0.2) is 0 Å². The lowest BCUT2D eigenvalue weighted by molar-refractivity contribution is -0.143. The average molecular weight is 532 g/mol. The third-order valence-corrected chi connectivity index (χ3v) is 9.50. The Morgan fingerprint density at radius 2 is 1.78 bits per heavy atom. The van der Waals surface area contributed by atoms with Gasteiger partial charge in [0.05, 0.1) is 23.9 Å². The van der Waals surface area contributed by atoms with E-state index in [4.69, 9.17) is 9.47 Å². The summed E-state index contributed by atoms with van der Waals surface area (Å²) in [6.07, 6.45) is -0.624. The third-order valence-electron chi connectivity index (χ3n) is 5.65. The summed E-state index contributed by atoms with van der Waals surface area (Å²) in [5.74, 6) is -0.178. The van der Waals surface area contributed by atoms with Crippen molar-refractivity contribution >= 4 is 41.2 Å². The number of benzene rings is 2. The van der Waals surface area contributed by atoms with E-state index in [1.807, 2.05) is 30.3 Å². The molecule has 194 valence electrons. The molecule has 3 rings (SSSR count). The van der Waals surface area contributed by atoms with E-state index in [9.17, 15) is 18.0 Å². The lowest BCUT2D eigenvalue weighted by atomic mass is 10.1. The summed E-state index contributed by atoms with van der Waals surface area (Å²) < 4.78 is 37.5. The first kappa shape index (κ1) is 27.4. The van der Waals surface area contributed by atoms with Crippen LogP contribution in [0, 0.1) is 6.92 Å². The standard InChI is InChI=1S/C25H33N3O6SSi/c1-18-26-21-15-20(11-12-23(21)28(18)35(31,32)13-14-36(3,4)5)16-22(24(29)33-2)27-25(30)34-17-19-9-7-6-8-10-19/h6-12,15,22H,13-14,16-17H2,1-5H3,(H,27,30). The van der Waals surface area contributed by atoms with Crippen molar-refractivity contribution in [2.45, 2.75) is 51.7 Å². The average Bonchev–Trinajstić information content (AvgIpc) is 3.16. The van der Waals surface area contributed by atoms with Crippen molar-refractivity contribution in [1.29, 1.82) is 0 Å². The van der Waals surface area contributed by atoms with Crippen LogP contribution in [-0.4, -0.2) is 56.4 Å². The number of hydrogen-bond acceptors (Lipinski definition) is 7. The van der Waals surface area contributed by atoms with E-state index in [1.165, 1.54) is 11.1 Å². The molecule has 0 aliphatic heterocycles. The first-order chi connectivity index (χ1) is 16.9. The van der Waals surface area contributed by atoms with Crippen LogP contribution >= 0.6 is 0 Å².